The van der Waals surface area contributed by atoms with E-state index in [4.69, 9.17) is 0 Å². The summed E-state index contributed by atoms with van der Waals surface area (Å²) < 4.78 is 0. The first-order valence-electron chi connectivity index (χ1n) is 4.28. The van der Waals surface area contributed by atoms with Crippen molar-refractivity contribution < 1.29 is 0 Å². The fourth-order valence-electron chi connectivity index (χ4n) is 1.26. The van der Waals surface area contributed by atoms with E-state index in [0.29, 0.717) is 5.92 Å². The largest absolute Gasteiger partial charge is 0.255 e. The maximum atomic E-state index is 4.42. The average Bonchev–Trinajstić information content (AvgIpc) is 2.17. The highest BCUT2D eigenvalue weighted by atomic mass is 33.1. The van der Waals surface area contributed by atoms with Crippen LogP contribution in [0, 0.1) is 5.92 Å². The van der Waals surface area contributed by atoms with E-state index in [1.54, 1.807) is 10.8 Å². The van der Waals surface area contributed by atoms with Crippen molar-refractivity contribution in [2.24, 2.45) is 5.92 Å². The normalized spacial score (nSPS) is 15.5. The van der Waals surface area contributed by atoms with Gasteiger partial charge >= 0.3 is 0 Å². The molecule has 0 atom stereocenters. The molecule has 1 aromatic rings. The van der Waals surface area contributed by atoms with Crippen molar-refractivity contribution in [2.75, 3.05) is 0 Å². The average molecular weight is 209 g/mol. The van der Waals surface area contributed by atoms with Crippen molar-refractivity contribution in [1.29, 1.82) is 0 Å². The van der Waals surface area contributed by atoms with E-state index in [1.165, 1.54) is 15.5 Å². The molecule has 0 saturated heterocycles. The standard InChI is InChI=1S/C10H11NS2/c1-7(2)10-9-8(6-12-13-10)4-3-5-11-9/h3-7H,1-2H3. The third-order valence-corrected chi connectivity index (χ3v) is 4.32. The Morgan fingerprint density at radius 3 is 3.00 bits per heavy atom. The molecule has 0 amide bonds. The van der Waals surface area contributed by atoms with Gasteiger partial charge in [-0.25, -0.2) is 0 Å². The van der Waals surface area contributed by atoms with Crippen LogP contribution in [-0.4, -0.2) is 4.98 Å². The molecule has 2 rings (SSSR count). The molecule has 0 aromatic carbocycles. The molecule has 0 aliphatic carbocycles. The van der Waals surface area contributed by atoms with E-state index in [9.17, 15) is 0 Å². The third kappa shape index (κ3) is 1.76. The van der Waals surface area contributed by atoms with Crippen molar-refractivity contribution in [2.45, 2.75) is 13.8 Å². The van der Waals surface area contributed by atoms with E-state index in [1.807, 2.05) is 23.1 Å². The molecular formula is C10H11NS2. The number of aromatic nitrogens is 1. The van der Waals surface area contributed by atoms with Crippen molar-refractivity contribution in [3.05, 3.63) is 28.9 Å². The Morgan fingerprint density at radius 2 is 2.23 bits per heavy atom. The lowest BCUT2D eigenvalue weighted by atomic mass is 10.2. The number of hydrogen-bond donors (Lipinski definition) is 0. The topological polar surface area (TPSA) is 12.9 Å². The van der Waals surface area contributed by atoms with Gasteiger partial charge < -0.3 is 0 Å². The molecule has 0 unspecified atom stereocenters. The smallest absolute Gasteiger partial charge is 0.0813 e. The summed E-state index contributed by atoms with van der Waals surface area (Å²) in [4.78, 5) is 5.81. The van der Waals surface area contributed by atoms with Crippen LogP contribution in [0.15, 0.2) is 18.3 Å². The Morgan fingerprint density at radius 1 is 1.38 bits per heavy atom. The summed E-state index contributed by atoms with van der Waals surface area (Å²) in [6, 6.07) is 4.11. The molecule has 3 heteroatoms. The summed E-state index contributed by atoms with van der Waals surface area (Å²) in [7, 11) is 3.62. The molecule has 0 saturated carbocycles. The van der Waals surface area contributed by atoms with E-state index in [2.05, 4.69) is 30.3 Å². The monoisotopic (exact) mass is 209 g/mol. The van der Waals surface area contributed by atoms with Gasteiger partial charge in [-0.2, -0.15) is 0 Å². The first-order chi connectivity index (χ1) is 6.29. The van der Waals surface area contributed by atoms with Crippen LogP contribution >= 0.6 is 21.6 Å². The van der Waals surface area contributed by atoms with Gasteiger partial charge in [-0.15, -0.1) is 0 Å². The molecule has 68 valence electrons. The van der Waals surface area contributed by atoms with Gasteiger partial charge in [0.15, 0.2) is 0 Å². The molecular weight excluding hydrogens is 198 g/mol. The number of pyridine rings is 1. The second-order valence-electron chi connectivity index (χ2n) is 3.26. The lowest BCUT2D eigenvalue weighted by Crippen LogP contribution is -2.31. The van der Waals surface area contributed by atoms with Gasteiger partial charge in [-0.3, -0.25) is 4.98 Å². The van der Waals surface area contributed by atoms with Gasteiger partial charge in [-0.1, -0.05) is 41.5 Å². The SMILES string of the molecule is CC(C)C1=c2ncccc2=CSS1. The predicted molar refractivity (Wildman–Crippen MR) is 61.4 cm³/mol. The highest BCUT2D eigenvalue weighted by Crippen LogP contribution is 2.36. The van der Waals surface area contributed by atoms with Crippen molar-refractivity contribution in [1.82, 2.24) is 4.98 Å². The second-order valence-corrected chi connectivity index (χ2v) is 5.37. The highest BCUT2D eigenvalue weighted by Gasteiger charge is 2.09. The summed E-state index contributed by atoms with van der Waals surface area (Å²) in [5.74, 6) is 0.569. The summed E-state index contributed by atoms with van der Waals surface area (Å²) in [5, 5.41) is 4.59. The van der Waals surface area contributed by atoms with Gasteiger partial charge in [0.2, 0.25) is 0 Å². The Hall–Kier alpha value is -0.410. The van der Waals surface area contributed by atoms with E-state index in [0.717, 1.165) is 0 Å². The second kappa shape index (κ2) is 3.76. The Labute approximate surface area is 85.7 Å². The zero-order valence-electron chi connectivity index (χ0n) is 7.65. The first-order valence-corrected chi connectivity index (χ1v) is 6.49. The van der Waals surface area contributed by atoms with Gasteiger partial charge in [0, 0.05) is 16.3 Å². The number of nitrogens with zero attached hydrogens (tertiary/aromatic N) is 1. The van der Waals surface area contributed by atoms with Crippen LogP contribution in [0.1, 0.15) is 13.8 Å². The quantitative estimate of drug-likeness (QED) is 0.656. The Balaban J connectivity index is 2.76. The van der Waals surface area contributed by atoms with Gasteiger partial charge in [0.05, 0.1) is 5.35 Å². The Bertz CT molecular complexity index is 423. The number of hydrogen-bond acceptors (Lipinski definition) is 3. The fourth-order valence-corrected chi connectivity index (χ4v) is 3.72. The van der Waals surface area contributed by atoms with Crippen molar-refractivity contribution >= 4 is 31.9 Å². The minimum Gasteiger partial charge on any atom is -0.255 e. The maximum Gasteiger partial charge on any atom is 0.0813 e. The summed E-state index contributed by atoms with van der Waals surface area (Å²) in [6.45, 7) is 4.43. The summed E-state index contributed by atoms with van der Waals surface area (Å²) in [5.41, 5.74) is 0. The molecule has 1 aliphatic rings. The zero-order valence-corrected chi connectivity index (χ0v) is 9.28. The van der Waals surface area contributed by atoms with Crippen molar-refractivity contribution in [3.8, 4) is 0 Å². The van der Waals surface area contributed by atoms with Crippen LogP contribution in [0.4, 0.5) is 0 Å². The molecule has 1 aromatic heterocycles. The zero-order chi connectivity index (χ0) is 9.26. The summed E-state index contributed by atoms with van der Waals surface area (Å²) >= 11 is 0. The molecule has 0 bridgehead atoms. The van der Waals surface area contributed by atoms with Crippen LogP contribution in [0.2, 0.25) is 0 Å². The van der Waals surface area contributed by atoms with Gasteiger partial charge in [0.25, 0.3) is 0 Å². The van der Waals surface area contributed by atoms with Crippen LogP contribution in [0.3, 0.4) is 0 Å². The van der Waals surface area contributed by atoms with E-state index in [-0.39, 0.29) is 0 Å². The molecule has 1 aliphatic heterocycles. The molecule has 0 fully saturated rings. The summed E-state index contributed by atoms with van der Waals surface area (Å²) in [6.07, 6.45) is 1.87. The fraction of sp³-hybridized carbons (Fsp3) is 0.300. The lowest BCUT2D eigenvalue weighted by Gasteiger charge is -2.11. The number of fused-ring (bicyclic) bond motifs is 1. The minimum absolute atomic E-state index is 0.569. The van der Waals surface area contributed by atoms with Gasteiger partial charge in [-0.05, 0) is 17.4 Å². The van der Waals surface area contributed by atoms with Crippen LogP contribution < -0.4 is 10.6 Å². The van der Waals surface area contributed by atoms with Crippen molar-refractivity contribution in [3.63, 3.8) is 0 Å². The van der Waals surface area contributed by atoms with Crippen LogP contribution in [-0.2, 0) is 0 Å². The molecule has 0 radical (unpaired) electrons. The van der Waals surface area contributed by atoms with E-state index >= 15 is 0 Å². The lowest BCUT2D eigenvalue weighted by molar-refractivity contribution is 0.866. The predicted octanol–water partition coefficient (Wildman–Crippen LogP) is 1.98. The minimum atomic E-state index is 0.569. The van der Waals surface area contributed by atoms with E-state index < -0.39 is 0 Å². The third-order valence-electron chi connectivity index (χ3n) is 1.91. The van der Waals surface area contributed by atoms with Crippen LogP contribution in [0.5, 0.6) is 0 Å². The Kier molecular flexibility index (Phi) is 2.65. The highest BCUT2D eigenvalue weighted by molar-refractivity contribution is 8.82. The van der Waals surface area contributed by atoms with Gasteiger partial charge in [0.1, 0.15) is 0 Å². The first kappa shape index (κ1) is 9.16. The molecule has 0 spiro atoms. The molecule has 2 heterocycles. The molecule has 1 nitrogen and oxygen atoms in total. The number of rotatable bonds is 1. The van der Waals surface area contributed by atoms with Crippen LogP contribution in [0.25, 0.3) is 10.3 Å². The molecule has 0 N–H and O–H groups in total. The maximum absolute atomic E-state index is 4.42. The molecule has 13 heavy (non-hydrogen) atoms.